The Morgan fingerprint density at radius 2 is 2.23 bits per heavy atom. The van der Waals surface area contributed by atoms with E-state index in [0.29, 0.717) is 16.3 Å². The molecule has 114 valence electrons. The molecule has 1 saturated carbocycles. The Kier molecular flexibility index (Phi) is 2.86. The van der Waals surface area contributed by atoms with E-state index in [9.17, 15) is 14.3 Å². The average molecular weight is 300 g/mol. The van der Waals surface area contributed by atoms with Gasteiger partial charge in [-0.1, -0.05) is 0 Å². The summed E-state index contributed by atoms with van der Waals surface area (Å²) in [6.07, 6.45) is 4.76. The Morgan fingerprint density at radius 1 is 1.41 bits per heavy atom. The fourth-order valence-electron chi connectivity index (χ4n) is 3.64. The number of benzene rings is 1. The second-order valence-corrected chi connectivity index (χ2v) is 6.51. The first-order chi connectivity index (χ1) is 10.6. The van der Waals surface area contributed by atoms with Crippen LogP contribution in [0.1, 0.15) is 29.6 Å². The maximum Gasteiger partial charge on any atom is 0.336 e. The molecule has 2 fully saturated rings. The fourth-order valence-corrected chi connectivity index (χ4v) is 3.64. The van der Waals surface area contributed by atoms with Crippen LogP contribution in [0.25, 0.3) is 10.9 Å². The zero-order valence-electron chi connectivity index (χ0n) is 12.1. The zero-order chi connectivity index (χ0) is 15.3. The van der Waals surface area contributed by atoms with Gasteiger partial charge in [-0.05, 0) is 48.9 Å². The first-order valence-corrected chi connectivity index (χ1v) is 7.57. The van der Waals surface area contributed by atoms with Crippen LogP contribution in [0.2, 0.25) is 0 Å². The number of fused-ring (bicyclic) bond motifs is 1. The Balaban J connectivity index is 1.79. The van der Waals surface area contributed by atoms with Crippen molar-refractivity contribution in [2.75, 3.05) is 18.1 Å². The highest BCUT2D eigenvalue weighted by molar-refractivity contribution is 6.03. The van der Waals surface area contributed by atoms with Crippen LogP contribution in [0.3, 0.4) is 0 Å². The molecular weight excluding hydrogens is 283 g/mol. The number of carbonyl (C=O) groups is 1. The van der Waals surface area contributed by atoms with E-state index in [1.807, 2.05) is 18.2 Å². The van der Waals surface area contributed by atoms with Crippen molar-refractivity contribution in [2.24, 2.45) is 5.41 Å². The van der Waals surface area contributed by atoms with Crippen LogP contribution in [0.5, 0.6) is 0 Å². The number of alkyl halides is 1. The first kappa shape index (κ1) is 13.5. The van der Waals surface area contributed by atoms with E-state index in [1.54, 1.807) is 0 Å². The minimum atomic E-state index is -0.966. The van der Waals surface area contributed by atoms with Crippen molar-refractivity contribution in [3.63, 3.8) is 0 Å². The van der Waals surface area contributed by atoms with Gasteiger partial charge >= 0.3 is 5.97 Å². The van der Waals surface area contributed by atoms with Gasteiger partial charge in [0, 0.05) is 23.8 Å². The smallest absolute Gasteiger partial charge is 0.336 e. The molecule has 4 nitrogen and oxygen atoms in total. The Labute approximate surface area is 127 Å². The predicted octanol–water partition coefficient (Wildman–Crippen LogP) is 3.26. The van der Waals surface area contributed by atoms with Crippen molar-refractivity contribution in [3.05, 3.63) is 36.0 Å². The molecule has 0 bridgehead atoms. The summed E-state index contributed by atoms with van der Waals surface area (Å²) < 4.78 is 13.4. The van der Waals surface area contributed by atoms with Crippen molar-refractivity contribution in [3.8, 4) is 0 Å². The fraction of sp³-hybridized carbons (Fsp3) is 0.412. The van der Waals surface area contributed by atoms with E-state index >= 15 is 0 Å². The molecule has 2 aliphatic rings. The van der Waals surface area contributed by atoms with Gasteiger partial charge in [0.25, 0.3) is 0 Å². The monoisotopic (exact) mass is 300 g/mol. The number of halogens is 1. The molecule has 4 rings (SSSR count). The topological polar surface area (TPSA) is 53.4 Å². The third-order valence-electron chi connectivity index (χ3n) is 5.04. The van der Waals surface area contributed by atoms with E-state index in [1.165, 1.54) is 25.1 Å². The molecule has 2 heterocycles. The van der Waals surface area contributed by atoms with Gasteiger partial charge in [0.15, 0.2) is 0 Å². The molecule has 5 heteroatoms. The van der Waals surface area contributed by atoms with E-state index in [2.05, 4.69) is 9.88 Å². The number of nitrogens with zero attached hydrogens (tertiary/aromatic N) is 2. The maximum absolute atomic E-state index is 13.4. The van der Waals surface area contributed by atoms with Gasteiger partial charge in [-0.25, -0.2) is 9.18 Å². The van der Waals surface area contributed by atoms with Gasteiger partial charge in [-0.3, -0.25) is 4.98 Å². The Bertz CT molecular complexity index is 757. The highest BCUT2D eigenvalue weighted by atomic mass is 19.1. The quantitative estimate of drug-likeness (QED) is 0.945. The second-order valence-electron chi connectivity index (χ2n) is 6.51. The summed E-state index contributed by atoms with van der Waals surface area (Å²) in [6.45, 7) is 0.508. The van der Waals surface area contributed by atoms with Crippen molar-refractivity contribution >= 4 is 22.6 Å². The summed E-state index contributed by atoms with van der Waals surface area (Å²) in [5, 5.41) is 9.94. The van der Waals surface area contributed by atoms with Crippen LogP contribution >= 0.6 is 0 Å². The maximum atomic E-state index is 13.4. The van der Waals surface area contributed by atoms with Crippen LogP contribution in [-0.2, 0) is 0 Å². The van der Waals surface area contributed by atoms with Crippen molar-refractivity contribution in [2.45, 2.75) is 25.3 Å². The number of pyridine rings is 1. The number of aromatic carboxylic acids is 1. The third kappa shape index (κ3) is 2.03. The number of carboxylic acids is 1. The molecule has 1 aromatic heterocycles. The summed E-state index contributed by atoms with van der Waals surface area (Å²) in [4.78, 5) is 17.7. The molecule has 1 aliphatic heterocycles. The minimum Gasteiger partial charge on any atom is -0.478 e. The van der Waals surface area contributed by atoms with Gasteiger partial charge in [-0.15, -0.1) is 0 Å². The number of aromatic nitrogens is 1. The van der Waals surface area contributed by atoms with Gasteiger partial charge in [-0.2, -0.15) is 0 Å². The Morgan fingerprint density at radius 3 is 2.91 bits per heavy atom. The molecule has 2 aromatic rings. The molecular formula is C17H17FN2O2. The molecule has 1 aromatic carbocycles. The Hall–Kier alpha value is -2.17. The van der Waals surface area contributed by atoms with E-state index in [0.717, 1.165) is 18.7 Å². The van der Waals surface area contributed by atoms with Gasteiger partial charge < -0.3 is 10.0 Å². The molecule has 0 amide bonds. The van der Waals surface area contributed by atoms with E-state index in [-0.39, 0.29) is 18.3 Å². The molecule has 0 radical (unpaired) electrons. The predicted molar refractivity (Wildman–Crippen MR) is 82.1 cm³/mol. The van der Waals surface area contributed by atoms with Crippen molar-refractivity contribution in [1.82, 2.24) is 4.98 Å². The molecule has 1 spiro atoms. The number of carboxylic acid groups (broad SMARTS) is 1. The minimum absolute atomic E-state index is 0.0927. The second kappa shape index (κ2) is 4.66. The molecule has 1 N–H and O–H groups in total. The van der Waals surface area contributed by atoms with Crippen LogP contribution in [-0.4, -0.2) is 35.3 Å². The highest BCUT2D eigenvalue weighted by Crippen LogP contribution is 2.55. The SMILES string of the molecule is O=C(O)c1ccnc2ccc(N3CC4(CC4)C[C@@H]3CF)cc12. The largest absolute Gasteiger partial charge is 0.478 e. The van der Waals surface area contributed by atoms with E-state index < -0.39 is 5.97 Å². The van der Waals surface area contributed by atoms with Crippen molar-refractivity contribution in [1.29, 1.82) is 0 Å². The highest BCUT2D eigenvalue weighted by Gasteiger charge is 2.51. The molecule has 1 atom stereocenters. The van der Waals surface area contributed by atoms with E-state index in [4.69, 9.17) is 0 Å². The van der Waals surface area contributed by atoms with Crippen LogP contribution in [0.4, 0.5) is 10.1 Å². The molecule has 1 saturated heterocycles. The third-order valence-corrected chi connectivity index (χ3v) is 5.04. The molecule has 0 unspecified atom stereocenters. The van der Waals surface area contributed by atoms with Crippen LogP contribution in [0, 0.1) is 5.41 Å². The first-order valence-electron chi connectivity index (χ1n) is 7.57. The number of hydrogen-bond donors (Lipinski definition) is 1. The lowest BCUT2D eigenvalue weighted by Gasteiger charge is -2.25. The summed E-state index contributed by atoms with van der Waals surface area (Å²) in [5.41, 5.74) is 2.09. The average Bonchev–Trinajstić information content (AvgIpc) is 3.17. The summed E-state index contributed by atoms with van der Waals surface area (Å²) in [5.74, 6) is -0.966. The number of anilines is 1. The lowest BCUT2D eigenvalue weighted by atomic mass is 10.0. The normalized spacial score (nSPS) is 22.4. The van der Waals surface area contributed by atoms with Crippen molar-refractivity contribution < 1.29 is 14.3 Å². The van der Waals surface area contributed by atoms with Crippen LogP contribution < -0.4 is 4.90 Å². The molecule has 1 aliphatic carbocycles. The number of rotatable bonds is 3. The molecule has 22 heavy (non-hydrogen) atoms. The summed E-state index contributed by atoms with van der Waals surface area (Å²) in [7, 11) is 0. The van der Waals surface area contributed by atoms with Gasteiger partial charge in [0.05, 0.1) is 17.1 Å². The number of hydrogen-bond acceptors (Lipinski definition) is 3. The standard InChI is InChI=1S/C17H17FN2O2/c18-9-12-8-17(4-5-17)10-20(12)11-1-2-15-14(7-11)13(16(21)22)3-6-19-15/h1-3,6-7,12H,4-5,8-10H2,(H,21,22)/t12-/m1/s1. The summed E-state index contributed by atoms with van der Waals surface area (Å²) >= 11 is 0. The zero-order valence-corrected chi connectivity index (χ0v) is 12.1. The van der Waals surface area contributed by atoms with Gasteiger partial charge in [0.2, 0.25) is 0 Å². The van der Waals surface area contributed by atoms with Crippen LogP contribution in [0.15, 0.2) is 30.5 Å². The van der Waals surface area contributed by atoms with Gasteiger partial charge in [0.1, 0.15) is 6.67 Å². The summed E-state index contributed by atoms with van der Waals surface area (Å²) in [6, 6.07) is 7.00. The lowest BCUT2D eigenvalue weighted by Crippen LogP contribution is -2.30. The lowest BCUT2D eigenvalue weighted by molar-refractivity contribution is 0.0699.